The van der Waals surface area contributed by atoms with Crippen LogP contribution in [0.4, 0.5) is 0 Å². The number of aliphatic imine (C=N–C) groups is 1. The van der Waals surface area contributed by atoms with Crippen molar-refractivity contribution in [1.82, 2.24) is 19.6 Å². The average Bonchev–Trinajstić information content (AvgIpc) is 2.92. The van der Waals surface area contributed by atoms with Gasteiger partial charge in [-0.3, -0.25) is 4.99 Å². The number of likely N-dealkylation sites (N-methyl/N-ethyl adjacent to an activating group) is 3. The first-order valence-electron chi connectivity index (χ1n) is 8.25. The highest BCUT2D eigenvalue weighted by Crippen LogP contribution is 2.14. The number of hydrogen-bond donors (Lipinski definition) is 0. The zero-order valence-electron chi connectivity index (χ0n) is 14.8. The molecule has 0 atom stereocenters. The molecule has 0 aromatic rings. The molecular formula is C16H35N5. The minimum atomic E-state index is 1.08. The molecule has 5 nitrogen and oxygen atoms in total. The van der Waals surface area contributed by atoms with E-state index < -0.39 is 0 Å². The molecule has 2 aliphatic rings. The van der Waals surface area contributed by atoms with E-state index in [2.05, 4.69) is 59.8 Å². The SMILES string of the molecule is C1CN=C2CCCN2C1.CN(C)CCN(C)CCN(C)C. The predicted molar refractivity (Wildman–Crippen MR) is 92.3 cm³/mol. The summed E-state index contributed by atoms with van der Waals surface area (Å²) in [6, 6.07) is 0. The molecule has 0 radical (unpaired) electrons. The van der Waals surface area contributed by atoms with Crippen LogP contribution in [0, 0.1) is 0 Å². The van der Waals surface area contributed by atoms with Crippen molar-refractivity contribution in [2.75, 3.05) is 81.1 Å². The van der Waals surface area contributed by atoms with Crippen molar-refractivity contribution in [1.29, 1.82) is 0 Å². The van der Waals surface area contributed by atoms with Gasteiger partial charge >= 0.3 is 0 Å². The van der Waals surface area contributed by atoms with Gasteiger partial charge in [0.05, 0.1) is 5.84 Å². The fraction of sp³-hybridized carbons (Fsp3) is 0.938. The largest absolute Gasteiger partial charge is 0.360 e. The van der Waals surface area contributed by atoms with Crippen molar-refractivity contribution >= 4 is 5.84 Å². The van der Waals surface area contributed by atoms with Gasteiger partial charge in [0.2, 0.25) is 0 Å². The fourth-order valence-corrected chi connectivity index (χ4v) is 2.46. The van der Waals surface area contributed by atoms with E-state index in [1.165, 1.54) is 38.2 Å². The molecule has 0 aromatic heterocycles. The van der Waals surface area contributed by atoms with Crippen LogP contribution >= 0.6 is 0 Å². The number of rotatable bonds is 6. The third kappa shape index (κ3) is 8.39. The molecule has 1 fully saturated rings. The summed E-state index contributed by atoms with van der Waals surface area (Å²) in [7, 11) is 10.6. The Hall–Kier alpha value is -0.650. The smallest absolute Gasteiger partial charge is 0.0989 e. The molecule has 0 spiro atoms. The van der Waals surface area contributed by atoms with Crippen LogP contribution in [0.25, 0.3) is 0 Å². The lowest BCUT2D eigenvalue weighted by Gasteiger charge is -2.21. The Bertz CT molecular complexity index is 289. The molecule has 2 rings (SSSR count). The van der Waals surface area contributed by atoms with Gasteiger partial charge in [-0.2, -0.15) is 0 Å². The third-order valence-electron chi connectivity index (χ3n) is 3.93. The molecule has 0 N–H and O–H groups in total. The fourth-order valence-electron chi connectivity index (χ4n) is 2.46. The molecule has 1 saturated heterocycles. The normalized spacial score (nSPS) is 17.9. The summed E-state index contributed by atoms with van der Waals surface area (Å²) in [5.74, 6) is 1.38. The monoisotopic (exact) mass is 297 g/mol. The van der Waals surface area contributed by atoms with Crippen LogP contribution in [-0.4, -0.2) is 106 Å². The molecule has 124 valence electrons. The summed E-state index contributed by atoms with van der Waals surface area (Å²) < 4.78 is 0. The second-order valence-corrected chi connectivity index (χ2v) is 6.65. The molecule has 0 saturated carbocycles. The number of fused-ring (bicyclic) bond motifs is 1. The topological polar surface area (TPSA) is 25.3 Å². The van der Waals surface area contributed by atoms with Crippen molar-refractivity contribution in [3.05, 3.63) is 0 Å². The standard InChI is InChI=1S/C9H23N3.C7H12N2/c1-10(2)6-8-12(5)9-7-11(3)4;1-3-7-8-4-2-6-9(7)5-1/h6-9H2,1-5H3;1-6H2. The Morgan fingerprint density at radius 1 is 0.857 bits per heavy atom. The molecule has 0 aliphatic carbocycles. The Morgan fingerprint density at radius 2 is 1.43 bits per heavy atom. The van der Waals surface area contributed by atoms with Crippen molar-refractivity contribution in [3.63, 3.8) is 0 Å². The molecule has 0 aromatic carbocycles. The van der Waals surface area contributed by atoms with Gasteiger partial charge in [-0.05, 0) is 48.1 Å². The average molecular weight is 297 g/mol. The van der Waals surface area contributed by atoms with Gasteiger partial charge in [-0.1, -0.05) is 0 Å². The van der Waals surface area contributed by atoms with Crippen LogP contribution in [0.15, 0.2) is 4.99 Å². The number of hydrogen-bond acceptors (Lipinski definition) is 5. The summed E-state index contributed by atoms with van der Waals surface area (Å²) in [6.07, 6.45) is 3.84. The van der Waals surface area contributed by atoms with Gasteiger partial charge in [0.1, 0.15) is 0 Å². The van der Waals surface area contributed by atoms with Gasteiger partial charge in [-0.25, -0.2) is 0 Å². The first kappa shape index (κ1) is 18.4. The molecule has 2 aliphatic heterocycles. The van der Waals surface area contributed by atoms with E-state index in [0.29, 0.717) is 0 Å². The lowest BCUT2D eigenvalue weighted by Crippen LogP contribution is -2.33. The highest BCUT2D eigenvalue weighted by molar-refractivity contribution is 5.84. The molecule has 0 bridgehead atoms. The van der Waals surface area contributed by atoms with E-state index in [1.54, 1.807) is 0 Å². The maximum atomic E-state index is 4.43. The summed E-state index contributed by atoms with van der Waals surface area (Å²) >= 11 is 0. The maximum absolute atomic E-state index is 4.43. The third-order valence-corrected chi connectivity index (χ3v) is 3.93. The van der Waals surface area contributed by atoms with Gasteiger partial charge < -0.3 is 19.6 Å². The minimum Gasteiger partial charge on any atom is -0.360 e. The quantitative estimate of drug-likeness (QED) is 0.728. The van der Waals surface area contributed by atoms with Gasteiger partial charge in [0.25, 0.3) is 0 Å². The van der Waals surface area contributed by atoms with Gasteiger partial charge in [0, 0.05) is 52.2 Å². The maximum Gasteiger partial charge on any atom is 0.0989 e. The van der Waals surface area contributed by atoms with E-state index in [1.807, 2.05) is 0 Å². The Morgan fingerprint density at radius 3 is 1.95 bits per heavy atom. The Kier molecular flexibility index (Phi) is 8.88. The van der Waals surface area contributed by atoms with Crippen LogP contribution in [0.1, 0.15) is 19.3 Å². The number of nitrogens with zero attached hydrogens (tertiary/aromatic N) is 5. The summed E-state index contributed by atoms with van der Waals surface area (Å²) in [5.41, 5.74) is 0. The Balaban J connectivity index is 0.000000216. The molecule has 2 heterocycles. The van der Waals surface area contributed by atoms with Crippen LogP contribution in [-0.2, 0) is 0 Å². The van der Waals surface area contributed by atoms with E-state index in [9.17, 15) is 0 Å². The molecule has 0 unspecified atom stereocenters. The summed E-state index contributed by atoms with van der Waals surface area (Å²) in [6.45, 7) is 8.19. The minimum absolute atomic E-state index is 1.08. The van der Waals surface area contributed by atoms with Crippen molar-refractivity contribution < 1.29 is 0 Å². The summed E-state index contributed by atoms with van der Waals surface area (Å²) in [4.78, 5) is 13.6. The highest BCUT2D eigenvalue weighted by atomic mass is 15.2. The van der Waals surface area contributed by atoms with Crippen molar-refractivity contribution in [2.24, 2.45) is 4.99 Å². The number of amidine groups is 1. The predicted octanol–water partition coefficient (Wildman–Crippen LogP) is 0.926. The van der Waals surface area contributed by atoms with E-state index in [4.69, 9.17) is 0 Å². The highest BCUT2D eigenvalue weighted by Gasteiger charge is 2.19. The molecule has 0 amide bonds. The lowest BCUT2D eigenvalue weighted by atomic mass is 10.3. The van der Waals surface area contributed by atoms with Gasteiger partial charge in [-0.15, -0.1) is 0 Å². The van der Waals surface area contributed by atoms with E-state index in [-0.39, 0.29) is 0 Å². The molecular weight excluding hydrogens is 262 g/mol. The van der Waals surface area contributed by atoms with Crippen LogP contribution in [0.5, 0.6) is 0 Å². The zero-order chi connectivity index (χ0) is 15.7. The first-order chi connectivity index (χ1) is 9.99. The van der Waals surface area contributed by atoms with Crippen LogP contribution < -0.4 is 0 Å². The summed E-state index contributed by atoms with van der Waals surface area (Å²) in [5, 5.41) is 0. The zero-order valence-corrected chi connectivity index (χ0v) is 14.8. The van der Waals surface area contributed by atoms with E-state index >= 15 is 0 Å². The molecule has 21 heavy (non-hydrogen) atoms. The van der Waals surface area contributed by atoms with Crippen LogP contribution in [0.3, 0.4) is 0 Å². The van der Waals surface area contributed by atoms with Crippen molar-refractivity contribution in [3.8, 4) is 0 Å². The van der Waals surface area contributed by atoms with Gasteiger partial charge in [0.15, 0.2) is 0 Å². The molecule has 5 heteroatoms. The van der Waals surface area contributed by atoms with Crippen molar-refractivity contribution in [2.45, 2.75) is 19.3 Å². The van der Waals surface area contributed by atoms with Crippen LogP contribution in [0.2, 0.25) is 0 Å². The van der Waals surface area contributed by atoms with E-state index in [0.717, 1.165) is 32.7 Å². The first-order valence-corrected chi connectivity index (χ1v) is 8.25. The Labute approximate surface area is 131 Å². The lowest BCUT2D eigenvalue weighted by molar-refractivity contribution is 0.254. The second kappa shape index (κ2) is 10.1. The second-order valence-electron chi connectivity index (χ2n) is 6.65.